The summed E-state index contributed by atoms with van der Waals surface area (Å²) in [7, 11) is 0. The van der Waals surface area contributed by atoms with Gasteiger partial charge in [-0.3, -0.25) is 14.5 Å². The van der Waals surface area contributed by atoms with Crippen LogP contribution in [0.15, 0.2) is 231 Å². The maximum absolute atomic E-state index is 5.17. The highest BCUT2D eigenvalue weighted by Gasteiger charge is 2.19. The van der Waals surface area contributed by atoms with Crippen molar-refractivity contribution in [2.45, 2.75) is 0 Å². The van der Waals surface area contributed by atoms with Crippen LogP contribution < -0.4 is 0 Å². The molecule has 0 spiro atoms. The first-order valence-electron chi connectivity index (χ1n) is 21.3. The molecule has 0 amide bonds. The summed E-state index contributed by atoms with van der Waals surface area (Å²) < 4.78 is 2.21. The zero-order valence-electron chi connectivity index (χ0n) is 34.2. The third kappa shape index (κ3) is 6.36. The molecule has 0 unspecified atom stereocenters. The minimum absolute atomic E-state index is 0.813. The van der Waals surface area contributed by atoms with E-state index in [9.17, 15) is 0 Å². The fourth-order valence-corrected chi connectivity index (χ4v) is 9.37. The van der Waals surface area contributed by atoms with Gasteiger partial charge in [-0.2, -0.15) is 0 Å². The Morgan fingerprint density at radius 3 is 1.48 bits per heavy atom. The normalized spacial score (nSPS) is 11.5. The Labute approximate surface area is 365 Å². The Morgan fingerprint density at radius 1 is 0.302 bits per heavy atom. The Balaban J connectivity index is 0.984. The van der Waals surface area contributed by atoms with E-state index < -0.39 is 0 Å². The number of pyridine rings is 3. The highest BCUT2D eigenvalue weighted by molar-refractivity contribution is 6.22. The first-order valence-corrected chi connectivity index (χ1v) is 21.3. The second-order valence-electron chi connectivity index (χ2n) is 16.0. The predicted molar refractivity (Wildman–Crippen MR) is 262 cm³/mol. The second kappa shape index (κ2) is 15.2. The summed E-state index contributed by atoms with van der Waals surface area (Å²) in [5.41, 5.74) is 15.6. The Hall–Kier alpha value is -8.47. The fourth-order valence-electron chi connectivity index (χ4n) is 9.37. The summed E-state index contributed by atoms with van der Waals surface area (Å²) in [5, 5.41) is 7.10. The summed E-state index contributed by atoms with van der Waals surface area (Å²) in [4.78, 5) is 14.6. The topological polar surface area (TPSA) is 43.6 Å². The summed E-state index contributed by atoms with van der Waals surface area (Å²) in [6.07, 6.45) is 5.75. The zero-order valence-corrected chi connectivity index (χ0v) is 34.2. The molecule has 0 atom stereocenters. The molecule has 4 nitrogen and oxygen atoms in total. The molecule has 0 aliphatic heterocycles. The van der Waals surface area contributed by atoms with Gasteiger partial charge in [0.2, 0.25) is 0 Å². The predicted octanol–water partition coefficient (Wildman–Crippen LogP) is 15.3. The molecule has 63 heavy (non-hydrogen) atoms. The second-order valence-corrected chi connectivity index (χ2v) is 16.0. The molecular formula is C59H38N4. The van der Waals surface area contributed by atoms with E-state index in [1.807, 2.05) is 24.7 Å². The lowest BCUT2D eigenvalue weighted by Gasteiger charge is -2.19. The largest absolute Gasteiger partial charge is 0.294 e. The lowest BCUT2D eigenvalue weighted by molar-refractivity contribution is 1.08. The average Bonchev–Trinajstić information content (AvgIpc) is 3.71. The minimum Gasteiger partial charge on any atom is -0.294 e. The van der Waals surface area contributed by atoms with Crippen LogP contribution in [0, 0.1) is 0 Å². The van der Waals surface area contributed by atoms with E-state index in [0.717, 1.165) is 50.1 Å². The van der Waals surface area contributed by atoms with Gasteiger partial charge in [0.15, 0.2) is 0 Å². The third-order valence-corrected chi connectivity index (χ3v) is 12.4. The Morgan fingerprint density at radius 2 is 0.825 bits per heavy atom. The van der Waals surface area contributed by atoms with Gasteiger partial charge in [-0.05, 0) is 108 Å². The van der Waals surface area contributed by atoms with Crippen molar-refractivity contribution in [3.63, 3.8) is 0 Å². The van der Waals surface area contributed by atoms with Crippen molar-refractivity contribution in [2.24, 2.45) is 0 Å². The van der Waals surface area contributed by atoms with Crippen molar-refractivity contribution in [3.05, 3.63) is 231 Å². The van der Waals surface area contributed by atoms with Crippen LogP contribution in [-0.2, 0) is 0 Å². The van der Waals surface area contributed by atoms with Gasteiger partial charge in [0.05, 0.1) is 22.4 Å². The van der Waals surface area contributed by atoms with Crippen molar-refractivity contribution < 1.29 is 0 Å². The molecule has 4 aromatic heterocycles. The molecule has 294 valence electrons. The van der Waals surface area contributed by atoms with Crippen molar-refractivity contribution in [2.75, 3.05) is 0 Å². The number of benzene rings is 8. The highest BCUT2D eigenvalue weighted by Crippen LogP contribution is 2.45. The molecule has 0 aliphatic carbocycles. The third-order valence-electron chi connectivity index (χ3n) is 12.4. The first kappa shape index (κ1) is 36.4. The average molecular weight is 803 g/mol. The van der Waals surface area contributed by atoms with Gasteiger partial charge >= 0.3 is 0 Å². The van der Waals surface area contributed by atoms with E-state index in [2.05, 4.69) is 216 Å². The van der Waals surface area contributed by atoms with E-state index >= 15 is 0 Å². The standard InChI is InChI=1S/C59H38N4/c1-3-12-39(13-4-1)41-22-26-43(27-23-41)58-48-17-7-8-18-49(48)59(44-28-24-42(25-29-44)40-14-5-2-6-15-40)51-36-45(30-32-50(51)58)46-31-33-53(61-37-46)54-19-11-21-57(62-54)63-55-20-10-9-16-47(55)52-38-60-35-34-56(52)63/h1-38H. The molecule has 0 saturated carbocycles. The van der Waals surface area contributed by atoms with Gasteiger partial charge in [-0.1, -0.05) is 176 Å². The molecule has 8 aromatic carbocycles. The molecule has 4 heteroatoms. The van der Waals surface area contributed by atoms with E-state index in [1.165, 1.54) is 66.1 Å². The number of nitrogens with zero attached hydrogens (tertiary/aromatic N) is 4. The van der Waals surface area contributed by atoms with Gasteiger partial charge in [0, 0.05) is 34.9 Å². The van der Waals surface area contributed by atoms with Crippen LogP contribution in [-0.4, -0.2) is 19.5 Å². The van der Waals surface area contributed by atoms with Crippen LogP contribution in [0.4, 0.5) is 0 Å². The lowest BCUT2D eigenvalue weighted by atomic mass is 9.84. The van der Waals surface area contributed by atoms with E-state index in [0.29, 0.717) is 0 Å². The minimum atomic E-state index is 0.813. The molecule has 0 N–H and O–H groups in total. The van der Waals surface area contributed by atoms with E-state index in [4.69, 9.17) is 9.97 Å². The van der Waals surface area contributed by atoms with Crippen LogP contribution in [0.5, 0.6) is 0 Å². The molecule has 4 heterocycles. The summed E-state index contributed by atoms with van der Waals surface area (Å²) in [5.74, 6) is 0.840. The maximum atomic E-state index is 5.17. The Bertz CT molecular complexity index is 3580. The molecule has 12 rings (SSSR count). The lowest BCUT2D eigenvalue weighted by Crippen LogP contribution is -1.99. The van der Waals surface area contributed by atoms with Crippen LogP contribution in [0.1, 0.15) is 0 Å². The van der Waals surface area contributed by atoms with Gasteiger partial charge in [-0.25, -0.2) is 4.98 Å². The number of para-hydroxylation sites is 1. The van der Waals surface area contributed by atoms with Gasteiger partial charge < -0.3 is 0 Å². The first-order chi connectivity index (χ1) is 31.2. The van der Waals surface area contributed by atoms with Crippen molar-refractivity contribution in [3.8, 4) is 72.8 Å². The van der Waals surface area contributed by atoms with Crippen molar-refractivity contribution in [1.29, 1.82) is 0 Å². The molecular weight excluding hydrogens is 765 g/mol. The van der Waals surface area contributed by atoms with Gasteiger partial charge in [0.1, 0.15) is 5.82 Å². The van der Waals surface area contributed by atoms with Crippen molar-refractivity contribution >= 4 is 43.4 Å². The monoisotopic (exact) mass is 802 g/mol. The van der Waals surface area contributed by atoms with E-state index in [-0.39, 0.29) is 0 Å². The van der Waals surface area contributed by atoms with Gasteiger partial charge in [0.25, 0.3) is 0 Å². The fraction of sp³-hybridized carbons (Fsp3) is 0. The SMILES string of the molecule is c1ccc(-c2ccc(-c3c4ccccc4c(-c4ccc(-c5ccccc5)cc4)c4cc(-c5ccc(-c6cccc(-n7c8ccccc8c8cnccc87)n6)nc5)ccc34)cc2)cc1. The van der Waals surface area contributed by atoms with Crippen molar-refractivity contribution in [1.82, 2.24) is 19.5 Å². The van der Waals surface area contributed by atoms with Crippen LogP contribution in [0.2, 0.25) is 0 Å². The van der Waals surface area contributed by atoms with Gasteiger partial charge in [-0.15, -0.1) is 0 Å². The van der Waals surface area contributed by atoms with Crippen LogP contribution in [0.25, 0.3) is 116 Å². The summed E-state index contributed by atoms with van der Waals surface area (Å²) in [6, 6.07) is 75.9. The summed E-state index contributed by atoms with van der Waals surface area (Å²) >= 11 is 0. The molecule has 0 bridgehead atoms. The van der Waals surface area contributed by atoms with Crippen LogP contribution >= 0.6 is 0 Å². The van der Waals surface area contributed by atoms with Crippen LogP contribution in [0.3, 0.4) is 0 Å². The number of fused-ring (bicyclic) bond motifs is 5. The zero-order chi connectivity index (χ0) is 41.7. The van der Waals surface area contributed by atoms with E-state index in [1.54, 1.807) is 0 Å². The number of hydrogen-bond acceptors (Lipinski definition) is 3. The number of hydrogen-bond donors (Lipinski definition) is 0. The smallest absolute Gasteiger partial charge is 0.138 e. The summed E-state index contributed by atoms with van der Waals surface area (Å²) in [6.45, 7) is 0. The molecule has 12 aromatic rings. The highest BCUT2D eigenvalue weighted by atomic mass is 15.1. The number of aromatic nitrogens is 4. The quantitative estimate of drug-likeness (QED) is 0.151. The molecule has 0 saturated heterocycles. The maximum Gasteiger partial charge on any atom is 0.138 e. The number of rotatable bonds is 7. The molecule has 0 fully saturated rings. The molecule has 0 radical (unpaired) electrons. The molecule has 0 aliphatic rings. The Kier molecular flexibility index (Phi) is 8.79.